The molecule has 0 aliphatic rings. The molecule has 0 bridgehead atoms. The number of alkyl halides is 3. The molecule has 0 aromatic carbocycles. The lowest BCUT2D eigenvalue weighted by atomic mass is 9.92. The van der Waals surface area contributed by atoms with Crippen molar-refractivity contribution in [3.63, 3.8) is 0 Å². The minimum atomic E-state index is -5.08. The summed E-state index contributed by atoms with van der Waals surface area (Å²) in [6.07, 6.45) is -1.61. The van der Waals surface area contributed by atoms with Crippen molar-refractivity contribution < 1.29 is 27.9 Å². The zero-order valence-corrected chi connectivity index (χ0v) is 15.6. The number of halogens is 3. The van der Waals surface area contributed by atoms with Crippen LogP contribution in [0, 0.1) is 6.92 Å². The quantitative estimate of drug-likeness (QED) is 0.840. The summed E-state index contributed by atoms with van der Waals surface area (Å²) in [6.45, 7) is 8.40. The summed E-state index contributed by atoms with van der Waals surface area (Å²) in [7, 11) is 1.83. The van der Waals surface area contributed by atoms with Crippen molar-refractivity contribution in [3.8, 4) is 0 Å². The second-order valence-electron chi connectivity index (χ2n) is 6.74. The van der Waals surface area contributed by atoms with Crippen LogP contribution < -0.4 is 5.32 Å². The molecule has 0 unspecified atom stereocenters. The molecule has 0 radical (unpaired) electrons. The second kappa shape index (κ2) is 8.23. The lowest BCUT2D eigenvalue weighted by Crippen LogP contribution is -2.21. The Morgan fingerprint density at radius 3 is 2.19 bits per heavy atom. The number of nitrogens with one attached hydrogen (secondary N) is 1. The number of imidazole rings is 1. The number of hydrogen-bond donors (Lipinski definition) is 2. The third kappa shape index (κ3) is 6.76. The lowest BCUT2D eigenvalue weighted by Gasteiger charge is -2.13. The molecule has 2 aromatic rings. The molecule has 0 fully saturated rings. The maximum absolute atomic E-state index is 12.0. The van der Waals surface area contributed by atoms with Gasteiger partial charge in [-0.15, -0.1) is 0 Å². The molecule has 0 spiro atoms. The van der Waals surface area contributed by atoms with Crippen LogP contribution in [0.3, 0.4) is 0 Å². The number of carbonyl (C=O) groups is 2. The van der Waals surface area contributed by atoms with Crippen LogP contribution in [-0.4, -0.2) is 42.5 Å². The van der Waals surface area contributed by atoms with E-state index in [1.807, 2.05) is 20.0 Å². The SMILES string of the molecule is Cc1nccn1CC(=O)Nc1cc(C(C)(C)C)nn1C.O=C(O)C(F)(F)F. The van der Waals surface area contributed by atoms with Crippen LogP contribution in [-0.2, 0) is 28.6 Å². The number of carbonyl (C=O) groups excluding carboxylic acids is 1. The summed E-state index contributed by atoms with van der Waals surface area (Å²) < 4.78 is 35.2. The number of aromatic nitrogens is 4. The third-order valence-corrected chi connectivity index (χ3v) is 3.40. The van der Waals surface area contributed by atoms with Crippen LogP contribution in [0.4, 0.5) is 19.0 Å². The standard InChI is InChI=1S/C14H21N5O.C2HF3O2/c1-10-15-6-7-19(10)9-13(20)16-12-8-11(14(2,3)4)17-18(12)5;3-2(4,5)1(6)7/h6-8H,9H2,1-5H3,(H,16,20);(H,6,7). The number of aliphatic carboxylic acids is 1. The topological polar surface area (TPSA) is 102 Å². The van der Waals surface area contributed by atoms with Crippen LogP contribution in [0.25, 0.3) is 0 Å². The van der Waals surface area contributed by atoms with Gasteiger partial charge in [0.25, 0.3) is 0 Å². The molecule has 0 aliphatic carbocycles. The van der Waals surface area contributed by atoms with Gasteiger partial charge in [0.1, 0.15) is 18.2 Å². The van der Waals surface area contributed by atoms with E-state index in [0.717, 1.165) is 11.5 Å². The van der Waals surface area contributed by atoms with Gasteiger partial charge < -0.3 is 15.0 Å². The van der Waals surface area contributed by atoms with E-state index in [1.165, 1.54) is 0 Å². The van der Waals surface area contributed by atoms with Crippen LogP contribution in [0.5, 0.6) is 0 Å². The van der Waals surface area contributed by atoms with Crippen molar-refractivity contribution in [2.45, 2.75) is 45.8 Å². The molecule has 8 nitrogen and oxygen atoms in total. The number of amides is 1. The van der Waals surface area contributed by atoms with E-state index in [4.69, 9.17) is 9.90 Å². The van der Waals surface area contributed by atoms with Crippen molar-refractivity contribution in [2.75, 3.05) is 5.32 Å². The minimum absolute atomic E-state index is 0.0400. The predicted octanol–water partition coefficient (Wildman–Crippen LogP) is 2.49. The maximum atomic E-state index is 12.0. The Bertz CT molecular complexity index is 803. The summed E-state index contributed by atoms with van der Waals surface area (Å²) in [4.78, 5) is 25.0. The molecule has 0 atom stereocenters. The largest absolute Gasteiger partial charge is 0.490 e. The van der Waals surface area contributed by atoms with Gasteiger partial charge in [-0.1, -0.05) is 20.8 Å². The first-order valence-corrected chi connectivity index (χ1v) is 7.84. The van der Waals surface area contributed by atoms with Gasteiger partial charge in [-0.3, -0.25) is 9.48 Å². The van der Waals surface area contributed by atoms with Crippen molar-refractivity contribution in [1.29, 1.82) is 0 Å². The molecule has 0 aliphatic heterocycles. The summed E-state index contributed by atoms with van der Waals surface area (Å²) >= 11 is 0. The number of rotatable bonds is 3. The lowest BCUT2D eigenvalue weighted by molar-refractivity contribution is -0.192. The van der Waals surface area contributed by atoms with Gasteiger partial charge in [0.15, 0.2) is 0 Å². The average molecular weight is 389 g/mol. The van der Waals surface area contributed by atoms with Crippen molar-refractivity contribution in [3.05, 3.63) is 30.0 Å². The fourth-order valence-corrected chi connectivity index (χ4v) is 1.86. The van der Waals surface area contributed by atoms with Crippen molar-refractivity contribution in [1.82, 2.24) is 19.3 Å². The van der Waals surface area contributed by atoms with Crippen LogP contribution >= 0.6 is 0 Å². The highest BCUT2D eigenvalue weighted by atomic mass is 19.4. The number of anilines is 1. The molecule has 2 rings (SSSR count). The monoisotopic (exact) mass is 389 g/mol. The molecular weight excluding hydrogens is 367 g/mol. The number of aryl methyl sites for hydroxylation is 2. The van der Waals surface area contributed by atoms with E-state index in [0.29, 0.717) is 5.82 Å². The first-order chi connectivity index (χ1) is 12.2. The van der Waals surface area contributed by atoms with E-state index >= 15 is 0 Å². The number of carboxylic acid groups (broad SMARTS) is 1. The summed E-state index contributed by atoms with van der Waals surface area (Å²) in [6, 6.07) is 1.92. The van der Waals surface area contributed by atoms with Gasteiger partial charge in [0.05, 0.1) is 5.69 Å². The molecular formula is C16H22F3N5O3. The highest BCUT2D eigenvalue weighted by molar-refractivity contribution is 5.89. The number of hydrogen-bond acceptors (Lipinski definition) is 4. The summed E-state index contributed by atoms with van der Waals surface area (Å²) in [5.41, 5.74) is 0.913. The molecule has 0 saturated heterocycles. The van der Waals surface area contributed by atoms with E-state index < -0.39 is 12.1 Å². The average Bonchev–Trinajstić information content (AvgIpc) is 3.05. The van der Waals surface area contributed by atoms with Crippen molar-refractivity contribution in [2.24, 2.45) is 7.05 Å². The second-order valence-corrected chi connectivity index (χ2v) is 6.74. The van der Waals surface area contributed by atoms with E-state index in [1.54, 1.807) is 21.6 Å². The molecule has 2 heterocycles. The van der Waals surface area contributed by atoms with Gasteiger partial charge in [-0.2, -0.15) is 18.3 Å². The molecule has 0 saturated carbocycles. The molecule has 27 heavy (non-hydrogen) atoms. The Hall–Kier alpha value is -2.85. The Balaban J connectivity index is 0.000000445. The smallest absolute Gasteiger partial charge is 0.475 e. The van der Waals surface area contributed by atoms with Gasteiger partial charge in [-0.05, 0) is 6.92 Å². The van der Waals surface area contributed by atoms with Crippen LogP contribution in [0.1, 0.15) is 32.3 Å². The normalized spacial score (nSPS) is 11.6. The molecule has 11 heteroatoms. The van der Waals surface area contributed by atoms with Crippen LogP contribution in [0.15, 0.2) is 18.5 Å². The van der Waals surface area contributed by atoms with Gasteiger partial charge in [0.2, 0.25) is 5.91 Å². The van der Waals surface area contributed by atoms with Crippen LogP contribution in [0.2, 0.25) is 0 Å². The molecule has 150 valence electrons. The number of nitrogens with zero attached hydrogens (tertiary/aromatic N) is 4. The van der Waals surface area contributed by atoms with Crippen molar-refractivity contribution >= 4 is 17.7 Å². The Labute approximate surface area is 154 Å². The highest BCUT2D eigenvalue weighted by Gasteiger charge is 2.38. The molecule has 1 amide bonds. The first kappa shape index (κ1) is 22.2. The molecule has 2 aromatic heterocycles. The van der Waals surface area contributed by atoms with E-state index in [9.17, 15) is 18.0 Å². The summed E-state index contributed by atoms with van der Waals surface area (Å²) in [5, 5.41) is 14.4. The van der Waals surface area contributed by atoms with Gasteiger partial charge in [-0.25, -0.2) is 9.78 Å². The zero-order valence-electron chi connectivity index (χ0n) is 15.6. The fourth-order valence-electron chi connectivity index (χ4n) is 1.86. The highest BCUT2D eigenvalue weighted by Crippen LogP contribution is 2.23. The predicted molar refractivity (Wildman–Crippen MR) is 91.2 cm³/mol. The van der Waals surface area contributed by atoms with E-state index in [2.05, 4.69) is 36.2 Å². The number of carboxylic acids is 1. The third-order valence-electron chi connectivity index (χ3n) is 3.40. The summed E-state index contributed by atoms with van der Waals surface area (Å²) in [5.74, 6) is -1.32. The maximum Gasteiger partial charge on any atom is 0.490 e. The fraction of sp³-hybridized carbons (Fsp3) is 0.500. The Morgan fingerprint density at radius 1 is 1.26 bits per heavy atom. The Morgan fingerprint density at radius 2 is 1.81 bits per heavy atom. The zero-order chi connectivity index (χ0) is 21.0. The molecule has 2 N–H and O–H groups in total. The van der Waals surface area contributed by atoms with E-state index in [-0.39, 0.29) is 17.9 Å². The first-order valence-electron chi connectivity index (χ1n) is 7.84. The van der Waals surface area contributed by atoms with Gasteiger partial charge >= 0.3 is 12.1 Å². The minimum Gasteiger partial charge on any atom is -0.475 e. The van der Waals surface area contributed by atoms with Gasteiger partial charge in [0, 0.05) is 30.9 Å². The Kier molecular flexibility index (Phi) is 6.76.